The van der Waals surface area contributed by atoms with Gasteiger partial charge >= 0.3 is 0 Å². The van der Waals surface area contributed by atoms with Gasteiger partial charge in [-0.25, -0.2) is 9.37 Å². The number of rotatable bonds is 7. The standard InChI is InChI=1S/C20H26FN7.HI/c1-15-11-16(2)28(26-15)9-4-7-24-20(22-3)25-13-17-5-6-19(18(21)12-17)27-10-8-23-14-27;/h5-6,8,10-12,14H,4,7,9,13H2,1-3H3,(H2,22,24,25);1H. The quantitative estimate of drug-likeness (QED) is 0.221. The highest BCUT2D eigenvalue weighted by molar-refractivity contribution is 14.0. The van der Waals surface area contributed by atoms with Crippen LogP contribution in [0, 0.1) is 19.7 Å². The summed E-state index contributed by atoms with van der Waals surface area (Å²) in [7, 11) is 1.72. The van der Waals surface area contributed by atoms with Crippen LogP contribution in [0.4, 0.5) is 4.39 Å². The van der Waals surface area contributed by atoms with Crippen molar-refractivity contribution in [3.8, 4) is 5.69 Å². The van der Waals surface area contributed by atoms with Crippen molar-refractivity contribution in [2.45, 2.75) is 33.4 Å². The van der Waals surface area contributed by atoms with Crippen molar-refractivity contribution in [1.29, 1.82) is 0 Å². The summed E-state index contributed by atoms with van der Waals surface area (Å²) in [6, 6.07) is 7.24. The minimum atomic E-state index is -0.287. The van der Waals surface area contributed by atoms with Crippen molar-refractivity contribution >= 4 is 29.9 Å². The van der Waals surface area contributed by atoms with Gasteiger partial charge in [0.1, 0.15) is 5.82 Å². The van der Waals surface area contributed by atoms with Crippen molar-refractivity contribution in [3.63, 3.8) is 0 Å². The lowest BCUT2D eigenvalue weighted by molar-refractivity contribution is 0.555. The van der Waals surface area contributed by atoms with Gasteiger partial charge < -0.3 is 15.2 Å². The van der Waals surface area contributed by atoms with Crippen LogP contribution < -0.4 is 10.6 Å². The predicted octanol–water partition coefficient (Wildman–Crippen LogP) is 3.20. The van der Waals surface area contributed by atoms with E-state index in [0.717, 1.165) is 30.8 Å². The number of imidazole rings is 1. The third-order valence-corrected chi connectivity index (χ3v) is 4.42. The van der Waals surface area contributed by atoms with Gasteiger partial charge in [0.2, 0.25) is 0 Å². The second kappa shape index (κ2) is 10.9. The van der Waals surface area contributed by atoms with E-state index in [0.29, 0.717) is 18.2 Å². The zero-order valence-electron chi connectivity index (χ0n) is 16.9. The number of halogens is 2. The molecule has 0 aliphatic rings. The smallest absolute Gasteiger partial charge is 0.191 e. The molecule has 0 spiro atoms. The molecule has 0 amide bonds. The molecule has 29 heavy (non-hydrogen) atoms. The molecule has 0 bridgehead atoms. The molecular weight excluding hydrogens is 484 g/mol. The number of aryl methyl sites for hydroxylation is 3. The molecule has 3 aromatic rings. The Kier molecular flexibility index (Phi) is 8.62. The number of hydrogen-bond donors (Lipinski definition) is 2. The molecule has 0 aliphatic heterocycles. The van der Waals surface area contributed by atoms with Crippen molar-refractivity contribution in [2.75, 3.05) is 13.6 Å². The number of nitrogens with zero attached hydrogens (tertiary/aromatic N) is 5. The Hall–Kier alpha value is -2.43. The molecule has 0 saturated carbocycles. The maximum Gasteiger partial charge on any atom is 0.191 e. The lowest BCUT2D eigenvalue weighted by atomic mass is 10.2. The Morgan fingerprint density at radius 2 is 2.03 bits per heavy atom. The van der Waals surface area contributed by atoms with E-state index in [2.05, 4.69) is 38.7 Å². The van der Waals surface area contributed by atoms with Gasteiger partial charge in [0.25, 0.3) is 0 Å². The Bertz CT molecular complexity index is 934. The summed E-state index contributed by atoms with van der Waals surface area (Å²) in [5.74, 6) is 0.401. The van der Waals surface area contributed by atoms with Gasteiger partial charge in [-0.15, -0.1) is 24.0 Å². The van der Waals surface area contributed by atoms with E-state index in [4.69, 9.17) is 0 Å². The van der Waals surface area contributed by atoms with Crippen LogP contribution in [-0.4, -0.2) is 38.9 Å². The molecule has 0 radical (unpaired) electrons. The molecule has 3 rings (SSSR count). The average molecular weight is 511 g/mol. The van der Waals surface area contributed by atoms with Gasteiger partial charge in [0.05, 0.1) is 17.7 Å². The molecular formula is C20H27FIN7. The highest BCUT2D eigenvalue weighted by atomic mass is 127. The highest BCUT2D eigenvalue weighted by Gasteiger charge is 2.06. The maximum atomic E-state index is 14.3. The first-order valence-electron chi connectivity index (χ1n) is 9.29. The first kappa shape index (κ1) is 22.9. The monoisotopic (exact) mass is 511 g/mol. The van der Waals surface area contributed by atoms with Gasteiger partial charge in [-0.2, -0.15) is 5.10 Å². The third-order valence-electron chi connectivity index (χ3n) is 4.42. The van der Waals surface area contributed by atoms with Crippen LogP contribution in [0.3, 0.4) is 0 Å². The fraction of sp³-hybridized carbons (Fsp3) is 0.350. The molecule has 0 saturated heterocycles. The molecule has 9 heteroatoms. The van der Waals surface area contributed by atoms with Gasteiger partial charge in [-0.3, -0.25) is 9.67 Å². The molecule has 0 unspecified atom stereocenters. The molecule has 156 valence electrons. The van der Waals surface area contributed by atoms with Gasteiger partial charge in [-0.1, -0.05) is 6.07 Å². The number of benzene rings is 1. The zero-order valence-corrected chi connectivity index (χ0v) is 19.2. The van der Waals surface area contributed by atoms with Gasteiger partial charge in [0, 0.05) is 44.8 Å². The Morgan fingerprint density at radius 3 is 2.66 bits per heavy atom. The molecule has 2 N–H and O–H groups in total. The minimum absolute atomic E-state index is 0. The van der Waals surface area contributed by atoms with E-state index in [1.165, 1.54) is 11.8 Å². The predicted molar refractivity (Wildman–Crippen MR) is 123 cm³/mol. The maximum absolute atomic E-state index is 14.3. The summed E-state index contributed by atoms with van der Waals surface area (Å²) in [6.07, 6.45) is 5.85. The van der Waals surface area contributed by atoms with Crippen LogP contribution in [-0.2, 0) is 13.1 Å². The summed E-state index contributed by atoms with van der Waals surface area (Å²) in [5.41, 5.74) is 3.52. The number of hydrogen-bond acceptors (Lipinski definition) is 3. The summed E-state index contributed by atoms with van der Waals surface area (Å²) >= 11 is 0. The summed E-state index contributed by atoms with van der Waals surface area (Å²) in [5, 5.41) is 10.9. The fourth-order valence-corrected chi connectivity index (χ4v) is 3.01. The first-order valence-corrected chi connectivity index (χ1v) is 9.29. The number of guanidine groups is 1. The molecule has 0 aliphatic carbocycles. The zero-order chi connectivity index (χ0) is 19.9. The SMILES string of the molecule is CN=C(NCCCn1nc(C)cc1C)NCc1ccc(-n2ccnc2)c(F)c1.I. The number of nitrogens with one attached hydrogen (secondary N) is 2. The van der Waals surface area contributed by atoms with E-state index in [1.807, 2.05) is 17.7 Å². The van der Waals surface area contributed by atoms with Crippen molar-refractivity contribution in [3.05, 3.63) is 65.8 Å². The van der Waals surface area contributed by atoms with E-state index in [-0.39, 0.29) is 29.8 Å². The van der Waals surface area contributed by atoms with E-state index in [1.54, 1.807) is 36.4 Å². The van der Waals surface area contributed by atoms with Crippen molar-refractivity contribution in [2.24, 2.45) is 4.99 Å². The van der Waals surface area contributed by atoms with Gasteiger partial charge in [-0.05, 0) is 44.0 Å². The first-order chi connectivity index (χ1) is 13.6. The third kappa shape index (κ3) is 6.28. The van der Waals surface area contributed by atoms with E-state index >= 15 is 0 Å². The Balaban J connectivity index is 0.00000300. The normalized spacial score (nSPS) is 11.2. The molecule has 2 aromatic heterocycles. The molecule has 7 nitrogen and oxygen atoms in total. The van der Waals surface area contributed by atoms with Crippen LogP contribution in [0.1, 0.15) is 23.4 Å². The van der Waals surface area contributed by atoms with Crippen LogP contribution in [0.2, 0.25) is 0 Å². The summed E-state index contributed by atoms with van der Waals surface area (Å²) in [6.45, 7) is 6.16. The lowest BCUT2D eigenvalue weighted by Gasteiger charge is -2.13. The average Bonchev–Trinajstić information content (AvgIpc) is 3.31. The van der Waals surface area contributed by atoms with E-state index in [9.17, 15) is 4.39 Å². The van der Waals surface area contributed by atoms with E-state index < -0.39 is 0 Å². The molecule has 2 heterocycles. The number of aromatic nitrogens is 4. The van der Waals surface area contributed by atoms with Crippen molar-refractivity contribution < 1.29 is 4.39 Å². The number of aliphatic imine (C=N–C) groups is 1. The second-order valence-electron chi connectivity index (χ2n) is 6.61. The molecule has 0 fully saturated rings. The highest BCUT2D eigenvalue weighted by Crippen LogP contribution is 2.14. The molecule has 1 aromatic carbocycles. The summed E-state index contributed by atoms with van der Waals surface area (Å²) < 4.78 is 18.0. The van der Waals surface area contributed by atoms with Crippen LogP contribution >= 0.6 is 24.0 Å². The molecule has 0 atom stereocenters. The minimum Gasteiger partial charge on any atom is -0.356 e. The lowest BCUT2D eigenvalue weighted by Crippen LogP contribution is -2.37. The Labute approximate surface area is 187 Å². The van der Waals surface area contributed by atoms with Crippen LogP contribution in [0.15, 0.2) is 48.0 Å². The van der Waals surface area contributed by atoms with Gasteiger partial charge in [0.15, 0.2) is 5.96 Å². The summed E-state index contributed by atoms with van der Waals surface area (Å²) in [4.78, 5) is 8.16. The fourth-order valence-electron chi connectivity index (χ4n) is 3.01. The Morgan fingerprint density at radius 1 is 1.21 bits per heavy atom. The van der Waals surface area contributed by atoms with Crippen LogP contribution in [0.5, 0.6) is 0 Å². The van der Waals surface area contributed by atoms with Crippen LogP contribution in [0.25, 0.3) is 5.69 Å². The topological polar surface area (TPSA) is 72.1 Å². The second-order valence-corrected chi connectivity index (χ2v) is 6.61. The largest absolute Gasteiger partial charge is 0.356 e. The van der Waals surface area contributed by atoms with Crippen molar-refractivity contribution in [1.82, 2.24) is 30.0 Å².